The normalized spacial score (nSPS) is 10.2. The number of hydrogen-bond donors (Lipinski definition) is 1. The molecule has 0 saturated carbocycles. The molecule has 100 valence electrons. The Morgan fingerprint density at radius 2 is 1.95 bits per heavy atom. The minimum atomic E-state index is -0.235. The fourth-order valence-corrected chi connectivity index (χ4v) is 1.82. The van der Waals surface area contributed by atoms with Gasteiger partial charge in [0.15, 0.2) is 0 Å². The van der Waals surface area contributed by atoms with Crippen molar-refractivity contribution in [3.05, 3.63) is 59.9 Å². The van der Waals surface area contributed by atoms with E-state index in [0.29, 0.717) is 13.2 Å². The SMILES string of the molecule is CCc1cccc(OCCNc2cccc(F)c2)c1. The zero-order chi connectivity index (χ0) is 13.5. The molecule has 2 rings (SSSR count). The van der Waals surface area contributed by atoms with Gasteiger partial charge in [0, 0.05) is 12.2 Å². The van der Waals surface area contributed by atoms with E-state index in [2.05, 4.69) is 18.3 Å². The van der Waals surface area contributed by atoms with Crippen LogP contribution in [-0.4, -0.2) is 13.2 Å². The van der Waals surface area contributed by atoms with Crippen LogP contribution in [0.15, 0.2) is 48.5 Å². The molecular formula is C16H18FNO. The maximum Gasteiger partial charge on any atom is 0.125 e. The number of hydrogen-bond acceptors (Lipinski definition) is 2. The maximum absolute atomic E-state index is 13.0. The largest absolute Gasteiger partial charge is 0.492 e. The average molecular weight is 259 g/mol. The molecule has 2 aromatic carbocycles. The van der Waals surface area contributed by atoms with Crippen LogP contribution in [0.2, 0.25) is 0 Å². The summed E-state index contributed by atoms with van der Waals surface area (Å²) in [5.41, 5.74) is 2.03. The summed E-state index contributed by atoms with van der Waals surface area (Å²) >= 11 is 0. The molecule has 2 nitrogen and oxygen atoms in total. The minimum Gasteiger partial charge on any atom is -0.492 e. The van der Waals surface area contributed by atoms with Crippen LogP contribution in [-0.2, 0) is 6.42 Å². The van der Waals surface area contributed by atoms with Crippen LogP contribution in [0.5, 0.6) is 5.75 Å². The van der Waals surface area contributed by atoms with Crippen molar-refractivity contribution >= 4 is 5.69 Å². The summed E-state index contributed by atoms with van der Waals surface area (Å²) in [6.45, 7) is 3.30. The third-order valence-electron chi connectivity index (χ3n) is 2.83. The van der Waals surface area contributed by atoms with Crippen molar-refractivity contribution in [1.29, 1.82) is 0 Å². The lowest BCUT2D eigenvalue weighted by atomic mass is 10.2. The Morgan fingerprint density at radius 3 is 2.74 bits per heavy atom. The molecule has 0 aromatic heterocycles. The van der Waals surface area contributed by atoms with Crippen LogP contribution in [0.4, 0.5) is 10.1 Å². The van der Waals surface area contributed by atoms with Crippen molar-refractivity contribution in [2.75, 3.05) is 18.5 Å². The van der Waals surface area contributed by atoms with Gasteiger partial charge in [-0.3, -0.25) is 0 Å². The van der Waals surface area contributed by atoms with Crippen molar-refractivity contribution < 1.29 is 9.13 Å². The number of benzene rings is 2. The molecule has 3 heteroatoms. The molecule has 0 saturated heterocycles. The van der Waals surface area contributed by atoms with Crippen LogP contribution in [0, 0.1) is 5.82 Å². The zero-order valence-electron chi connectivity index (χ0n) is 11.0. The first-order valence-corrected chi connectivity index (χ1v) is 6.49. The molecule has 0 heterocycles. The summed E-state index contributed by atoms with van der Waals surface area (Å²) < 4.78 is 18.6. The van der Waals surface area contributed by atoms with E-state index in [1.807, 2.05) is 24.3 Å². The van der Waals surface area contributed by atoms with E-state index in [0.717, 1.165) is 17.9 Å². The summed E-state index contributed by atoms with van der Waals surface area (Å²) in [6, 6.07) is 14.5. The first-order chi connectivity index (χ1) is 9.28. The Balaban J connectivity index is 1.77. The van der Waals surface area contributed by atoms with Gasteiger partial charge in [0.2, 0.25) is 0 Å². The number of aryl methyl sites for hydroxylation is 1. The van der Waals surface area contributed by atoms with Gasteiger partial charge in [-0.1, -0.05) is 25.1 Å². The molecule has 0 atom stereocenters. The summed E-state index contributed by atoms with van der Waals surface area (Å²) in [5.74, 6) is 0.641. The van der Waals surface area contributed by atoms with E-state index in [-0.39, 0.29) is 5.82 Å². The third-order valence-corrected chi connectivity index (χ3v) is 2.83. The van der Waals surface area contributed by atoms with Gasteiger partial charge in [0.25, 0.3) is 0 Å². The van der Waals surface area contributed by atoms with Gasteiger partial charge >= 0.3 is 0 Å². The van der Waals surface area contributed by atoms with Gasteiger partial charge in [-0.2, -0.15) is 0 Å². The number of halogens is 1. The van der Waals surface area contributed by atoms with E-state index in [9.17, 15) is 4.39 Å². The first kappa shape index (κ1) is 13.4. The predicted molar refractivity (Wildman–Crippen MR) is 76.2 cm³/mol. The van der Waals surface area contributed by atoms with E-state index in [4.69, 9.17) is 4.74 Å². The molecule has 19 heavy (non-hydrogen) atoms. The number of ether oxygens (including phenoxy) is 1. The molecular weight excluding hydrogens is 241 g/mol. The Kier molecular flexibility index (Phi) is 4.78. The predicted octanol–water partition coefficient (Wildman–Crippen LogP) is 3.88. The fraction of sp³-hybridized carbons (Fsp3) is 0.250. The lowest BCUT2D eigenvalue weighted by Crippen LogP contribution is -2.11. The van der Waals surface area contributed by atoms with E-state index >= 15 is 0 Å². The second-order valence-corrected chi connectivity index (χ2v) is 4.29. The highest BCUT2D eigenvalue weighted by Crippen LogP contribution is 2.13. The Hall–Kier alpha value is -2.03. The van der Waals surface area contributed by atoms with E-state index < -0.39 is 0 Å². The molecule has 1 N–H and O–H groups in total. The fourth-order valence-electron chi connectivity index (χ4n) is 1.82. The molecule has 0 radical (unpaired) electrons. The van der Waals surface area contributed by atoms with E-state index in [1.54, 1.807) is 6.07 Å². The Morgan fingerprint density at radius 1 is 1.11 bits per heavy atom. The Bertz CT molecular complexity index is 528. The first-order valence-electron chi connectivity index (χ1n) is 6.49. The van der Waals surface area contributed by atoms with Crippen LogP contribution < -0.4 is 10.1 Å². The van der Waals surface area contributed by atoms with Gasteiger partial charge in [-0.05, 0) is 42.3 Å². The van der Waals surface area contributed by atoms with Crippen LogP contribution in [0.25, 0.3) is 0 Å². The minimum absolute atomic E-state index is 0.235. The van der Waals surface area contributed by atoms with E-state index in [1.165, 1.54) is 17.7 Å². The highest BCUT2D eigenvalue weighted by atomic mass is 19.1. The van der Waals surface area contributed by atoms with Crippen molar-refractivity contribution in [2.24, 2.45) is 0 Å². The summed E-state index contributed by atoms with van der Waals surface area (Å²) in [5, 5.41) is 3.12. The molecule has 0 amide bonds. The van der Waals surface area contributed by atoms with Gasteiger partial charge < -0.3 is 10.1 Å². The third kappa shape index (κ3) is 4.28. The molecule has 0 aliphatic carbocycles. The quantitative estimate of drug-likeness (QED) is 0.795. The molecule has 0 fully saturated rings. The number of anilines is 1. The summed E-state index contributed by atoms with van der Waals surface area (Å²) in [6.07, 6.45) is 0.999. The van der Waals surface area contributed by atoms with Crippen molar-refractivity contribution in [2.45, 2.75) is 13.3 Å². The second kappa shape index (κ2) is 6.78. The van der Waals surface area contributed by atoms with Gasteiger partial charge in [-0.15, -0.1) is 0 Å². The van der Waals surface area contributed by atoms with Crippen LogP contribution in [0.3, 0.4) is 0 Å². The smallest absolute Gasteiger partial charge is 0.125 e. The van der Waals surface area contributed by atoms with Gasteiger partial charge in [0.1, 0.15) is 18.2 Å². The van der Waals surface area contributed by atoms with Crippen LogP contribution >= 0.6 is 0 Å². The lowest BCUT2D eigenvalue weighted by molar-refractivity contribution is 0.332. The second-order valence-electron chi connectivity index (χ2n) is 4.29. The number of nitrogens with one attached hydrogen (secondary N) is 1. The summed E-state index contributed by atoms with van der Waals surface area (Å²) in [7, 11) is 0. The standard InChI is InChI=1S/C16H18FNO/c1-2-13-5-3-8-16(11-13)19-10-9-18-15-7-4-6-14(17)12-15/h3-8,11-12,18H,2,9-10H2,1H3. The number of rotatable bonds is 6. The lowest BCUT2D eigenvalue weighted by Gasteiger charge is -2.09. The molecule has 0 bridgehead atoms. The topological polar surface area (TPSA) is 21.3 Å². The molecule has 0 aliphatic rings. The van der Waals surface area contributed by atoms with Crippen LogP contribution in [0.1, 0.15) is 12.5 Å². The highest BCUT2D eigenvalue weighted by Gasteiger charge is 1.97. The zero-order valence-corrected chi connectivity index (χ0v) is 11.0. The monoisotopic (exact) mass is 259 g/mol. The summed E-state index contributed by atoms with van der Waals surface area (Å²) in [4.78, 5) is 0. The van der Waals surface area contributed by atoms with Gasteiger partial charge in [-0.25, -0.2) is 4.39 Å². The molecule has 0 aliphatic heterocycles. The molecule has 0 unspecified atom stereocenters. The highest BCUT2D eigenvalue weighted by molar-refractivity contribution is 5.42. The maximum atomic E-state index is 13.0. The average Bonchev–Trinajstić information content (AvgIpc) is 2.44. The van der Waals surface area contributed by atoms with Crippen molar-refractivity contribution in [3.8, 4) is 5.75 Å². The Labute approximate surface area is 113 Å². The van der Waals surface area contributed by atoms with Crippen molar-refractivity contribution in [3.63, 3.8) is 0 Å². The van der Waals surface area contributed by atoms with Crippen molar-refractivity contribution in [1.82, 2.24) is 0 Å². The molecule has 0 spiro atoms. The van der Waals surface area contributed by atoms with Gasteiger partial charge in [0.05, 0.1) is 0 Å². The molecule has 2 aromatic rings.